The Morgan fingerprint density at radius 1 is 0.682 bits per heavy atom. The number of aliphatic hydroxyl groups is 1. The molecule has 2 saturated heterocycles. The molecular formula is C85H141N11O14. The fourth-order valence-corrected chi connectivity index (χ4v) is 17.2. The Balaban J connectivity index is 1.15. The first-order chi connectivity index (χ1) is 52.3. The lowest BCUT2D eigenvalue weighted by Gasteiger charge is -2.44. The number of methoxy groups -OCH3 is 2. The Kier molecular flexibility index (Phi) is 39.6. The predicted molar refractivity (Wildman–Crippen MR) is 429 cm³/mol. The maximum Gasteiger partial charge on any atom is 0.410 e. The van der Waals surface area contributed by atoms with E-state index in [-0.39, 0.29) is 84.7 Å². The van der Waals surface area contributed by atoms with Gasteiger partial charge in [0.05, 0.1) is 60.7 Å². The van der Waals surface area contributed by atoms with Crippen molar-refractivity contribution in [1.29, 1.82) is 0 Å². The summed E-state index contributed by atoms with van der Waals surface area (Å²) in [6.07, 6.45) is 16.3. The van der Waals surface area contributed by atoms with E-state index in [4.69, 9.17) is 19.9 Å². The SMILES string of the molecule is CCCCC(CC)(C1CCCCCCCC1)C1CC(=O)N(CCCCC[C@H](C)N[C@H](C(=O)N[C@@H](CCCNC(N)=O)C(=O)Nc2ccc(COC(=O)N(C)[C@H](C(=O)N[C@H](C(=O)N(C)[C@@H]([C@@H](C)CC)[C@@H](CC(=O)N3CCC[C@H]3[C@H](OC)[C@@H](C)C(=O)N[C@H](C)[C@@H](O)c3ccccc3)OC)C(C)C)C(C)C)cc2)C(C)C)C1=O. The van der Waals surface area contributed by atoms with Crippen molar-refractivity contribution in [2.24, 2.45) is 52.6 Å². The molecule has 9 N–H and O–H groups in total. The Labute approximate surface area is 658 Å². The normalized spacial score (nSPS) is 19.8. The van der Waals surface area contributed by atoms with Gasteiger partial charge in [-0.2, -0.15) is 0 Å². The Bertz CT molecular complexity index is 3200. The van der Waals surface area contributed by atoms with Gasteiger partial charge in [-0.15, -0.1) is 0 Å². The van der Waals surface area contributed by atoms with Crippen LogP contribution in [0.3, 0.4) is 0 Å². The van der Waals surface area contributed by atoms with E-state index in [1.807, 2.05) is 66.7 Å². The first kappa shape index (κ1) is 93.4. The highest BCUT2D eigenvalue weighted by atomic mass is 16.6. The number of urea groups is 1. The molecule has 3 aliphatic rings. The molecule has 0 spiro atoms. The number of anilines is 1. The van der Waals surface area contributed by atoms with E-state index < -0.39 is 108 Å². The number of hydrogen-bond acceptors (Lipinski definition) is 15. The van der Waals surface area contributed by atoms with Gasteiger partial charge in [-0.25, -0.2) is 9.59 Å². The van der Waals surface area contributed by atoms with Crippen molar-refractivity contribution in [2.45, 2.75) is 311 Å². The van der Waals surface area contributed by atoms with Crippen LogP contribution in [0, 0.1) is 46.8 Å². The average Bonchev–Trinajstić information content (AvgIpc) is 1.59. The molecule has 15 atom stereocenters. The van der Waals surface area contributed by atoms with Crippen molar-refractivity contribution in [3.05, 3.63) is 65.7 Å². The maximum absolute atomic E-state index is 14.9. The van der Waals surface area contributed by atoms with Gasteiger partial charge in [-0.3, -0.25) is 48.2 Å². The zero-order chi connectivity index (χ0) is 81.5. The Morgan fingerprint density at radius 3 is 1.91 bits per heavy atom. The summed E-state index contributed by atoms with van der Waals surface area (Å²) in [5.74, 6) is -4.05. The molecule has 0 bridgehead atoms. The number of carbonyl (C=O) groups is 10. The van der Waals surface area contributed by atoms with E-state index in [1.54, 1.807) is 85.8 Å². The van der Waals surface area contributed by atoms with Crippen molar-refractivity contribution < 1.29 is 67.3 Å². The highest BCUT2D eigenvalue weighted by molar-refractivity contribution is 6.04. The summed E-state index contributed by atoms with van der Waals surface area (Å²) in [6.45, 7) is 25.8. The number of ether oxygens (including phenoxy) is 3. The van der Waals surface area contributed by atoms with Crippen LogP contribution in [0.25, 0.3) is 0 Å². The van der Waals surface area contributed by atoms with Gasteiger partial charge in [0.15, 0.2) is 0 Å². The fourth-order valence-electron chi connectivity index (χ4n) is 17.2. The molecule has 3 fully saturated rings. The largest absolute Gasteiger partial charge is 0.445 e. The van der Waals surface area contributed by atoms with Gasteiger partial charge in [0.1, 0.15) is 24.7 Å². The topological polar surface area (TPSA) is 330 Å². The summed E-state index contributed by atoms with van der Waals surface area (Å²) >= 11 is 0. The quantitative estimate of drug-likeness (QED) is 0.0226. The molecule has 1 aliphatic carbocycles. The summed E-state index contributed by atoms with van der Waals surface area (Å²) in [7, 11) is 6.15. The molecule has 11 amide bonds. The zero-order valence-corrected chi connectivity index (χ0v) is 69.8. The van der Waals surface area contributed by atoms with Gasteiger partial charge < -0.3 is 66.8 Å². The second-order valence-corrected chi connectivity index (χ2v) is 32.9. The maximum atomic E-state index is 14.9. The molecule has 1 saturated carbocycles. The van der Waals surface area contributed by atoms with Crippen LogP contribution >= 0.6 is 0 Å². The molecular weight excluding hydrogens is 1400 g/mol. The third kappa shape index (κ3) is 26.7. The van der Waals surface area contributed by atoms with Crippen LogP contribution in [0.2, 0.25) is 0 Å². The number of primary amides is 1. The molecule has 110 heavy (non-hydrogen) atoms. The summed E-state index contributed by atoms with van der Waals surface area (Å²) in [4.78, 5) is 146. The van der Waals surface area contributed by atoms with Crippen LogP contribution in [0.1, 0.15) is 255 Å². The van der Waals surface area contributed by atoms with Gasteiger partial charge in [-0.05, 0) is 136 Å². The molecule has 25 heteroatoms. The number of amides is 11. The van der Waals surface area contributed by atoms with Crippen LogP contribution in [-0.4, -0.2) is 193 Å². The number of nitrogens with one attached hydrogen (secondary N) is 6. The number of nitrogens with two attached hydrogens (primary N) is 1. The van der Waals surface area contributed by atoms with Crippen molar-refractivity contribution in [1.82, 2.24) is 46.2 Å². The van der Waals surface area contributed by atoms with Gasteiger partial charge >= 0.3 is 12.1 Å². The molecule has 2 aliphatic heterocycles. The van der Waals surface area contributed by atoms with Gasteiger partial charge in [0, 0.05) is 66.1 Å². The summed E-state index contributed by atoms with van der Waals surface area (Å²) in [5, 5.41) is 28.8. The highest BCUT2D eigenvalue weighted by Crippen LogP contribution is 2.52. The third-order valence-electron chi connectivity index (χ3n) is 24.0. The predicted octanol–water partition coefficient (Wildman–Crippen LogP) is 11.7. The van der Waals surface area contributed by atoms with Crippen molar-refractivity contribution >= 4 is 65.1 Å². The lowest BCUT2D eigenvalue weighted by Crippen LogP contribution is -2.60. The molecule has 0 radical (unpaired) electrons. The van der Waals surface area contributed by atoms with Crippen LogP contribution in [-0.2, 0) is 59.2 Å². The number of likely N-dealkylation sites (tertiary alicyclic amines) is 2. The molecule has 5 rings (SSSR count). The van der Waals surface area contributed by atoms with Gasteiger partial charge in [0.25, 0.3) is 0 Å². The van der Waals surface area contributed by atoms with E-state index in [2.05, 4.69) is 45.7 Å². The standard InChI is InChI=1S/C85H141N11O14/c1-18-21-47-85(20-3,63-39-31-24-22-23-25-32-40-63)65-51-69(97)96(81(65)104)49-33-27-28-36-58(11)88-71(54(4)5)79(102)91-66(41-34-48-87-83(86)106)78(101)90-64-45-43-61(44-46-64)53-110-84(107)94(15)73(56(8)9)80(103)92-72(55(6)7)82(105)93(14)74(57(10)19-2)68(108-16)52-70(98)95-50-35-42-67(95)76(109-17)59(12)77(100)89-60(13)75(99)62-37-29-26-30-38-62/h26,29-30,37-38,43-46,54-60,63,65-68,71-76,88,99H,18-25,27-28,31-36,39-42,47-53H2,1-17H3,(H,89,100)(H,90,101)(H,91,102)(H,92,103)(H3,86,87,106)/t57-,58-,59+,60+,65?,66-,67-,68+,71-,72-,73-,74-,75+,76+,85?/m0/s1. The number of benzene rings is 2. The molecule has 2 heterocycles. The first-order valence-electron chi connectivity index (χ1n) is 41.5. The minimum atomic E-state index is -1.07. The summed E-state index contributed by atoms with van der Waals surface area (Å²) < 4.78 is 17.9. The van der Waals surface area contributed by atoms with Crippen LogP contribution in [0.4, 0.5) is 15.3 Å². The molecule has 620 valence electrons. The number of likely N-dealkylation sites (N-methyl/N-ethyl adjacent to an activating group) is 2. The highest BCUT2D eigenvalue weighted by Gasteiger charge is 2.53. The Morgan fingerprint density at radius 2 is 1.33 bits per heavy atom. The zero-order valence-electron chi connectivity index (χ0n) is 69.8. The number of unbranched alkanes of at least 4 members (excludes halogenated alkanes) is 3. The molecule has 25 nitrogen and oxygen atoms in total. The number of imide groups is 1. The average molecular weight is 1540 g/mol. The van der Waals surface area contributed by atoms with E-state index in [0.29, 0.717) is 74.3 Å². The summed E-state index contributed by atoms with van der Waals surface area (Å²) in [5.41, 5.74) is 6.84. The summed E-state index contributed by atoms with van der Waals surface area (Å²) in [6, 6.07) is 9.47. The van der Waals surface area contributed by atoms with Crippen LogP contribution in [0.5, 0.6) is 0 Å². The second kappa shape index (κ2) is 46.7. The molecule has 0 aromatic heterocycles. The minimum absolute atomic E-state index is 0.0285. The van der Waals surface area contributed by atoms with Crippen molar-refractivity contribution in [3.63, 3.8) is 0 Å². The van der Waals surface area contributed by atoms with Crippen molar-refractivity contribution in [3.8, 4) is 0 Å². The number of hydrogen-bond donors (Lipinski definition) is 8. The smallest absolute Gasteiger partial charge is 0.410 e. The van der Waals surface area contributed by atoms with E-state index in [0.717, 1.165) is 57.8 Å². The number of rotatable bonds is 45. The number of nitrogens with zero attached hydrogens (tertiary/aromatic N) is 4. The van der Waals surface area contributed by atoms with Crippen molar-refractivity contribution in [2.75, 3.05) is 53.3 Å². The minimum Gasteiger partial charge on any atom is -0.445 e. The number of aliphatic hydroxyl groups excluding tert-OH is 1. The van der Waals surface area contributed by atoms with E-state index in [1.165, 1.54) is 64.7 Å². The van der Waals surface area contributed by atoms with Gasteiger partial charge in [-0.1, -0.05) is 189 Å². The molecule has 2 aromatic rings. The lowest BCUT2D eigenvalue weighted by molar-refractivity contribution is -0.148. The first-order valence-corrected chi connectivity index (χ1v) is 41.5. The van der Waals surface area contributed by atoms with Crippen LogP contribution < -0.4 is 37.6 Å². The molecule has 2 unspecified atom stereocenters. The monoisotopic (exact) mass is 1540 g/mol. The fraction of sp³-hybridized carbons (Fsp3) is 0.741. The lowest BCUT2D eigenvalue weighted by atomic mass is 9.59. The second-order valence-electron chi connectivity index (χ2n) is 32.9. The van der Waals surface area contributed by atoms with Gasteiger partial charge in [0.2, 0.25) is 47.3 Å². The number of carbonyl (C=O) groups excluding carboxylic acids is 10. The molecule has 2 aromatic carbocycles. The Hall–Kier alpha value is -7.22. The third-order valence-corrected chi connectivity index (χ3v) is 24.0. The van der Waals surface area contributed by atoms with E-state index >= 15 is 0 Å². The van der Waals surface area contributed by atoms with E-state index in [9.17, 15) is 53.1 Å². The van der Waals surface area contributed by atoms with Crippen LogP contribution in [0.15, 0.2) is 54.6 Å².